The predicted molar refractivity (Wildman–Crippen MR) is 88.2 cm³/mol. The first-order valence-electron chi connectivity index (χ1n) is 8.40. The van der Waals surface area contributed by atoms with Crippen molar-refractivity contribution in [1.29, 1.82) is 0 Å². The van der Waals surface area contributed by atoms with E-state index >= 15 is 0 Å². The zero-order chi connectivity index (χ0) is 16.4. The van der Waals surface area contributed by atoms with E-state index in [0.29, 0.717) is 11.7 Å². The minimum atomic E-state index is -0.217. The van der Waals surface area contributed by atoms with Gasteiger partial charge in [0.2, 0.25) is 0 Å². The number of phenolic OH excluding ortho intramolecular Hbond substituents is 1. The van der Waals surface area contributed by atoms with Crippen molar-refractivity contribution in [3.8, 4) is 5.75 Å². The molecule has 0 saturated carbocycles. The van der Waals surface area contributed by atoms with Crippen LogP contribution in [0.25, 0.3) is 0 Å². The van der Waals surface area contributed by atoms with Crippen LogP contribution in [0.1, 0.15) is 56.2 Å². The molecule has 2 atom stereocenters. The lowest BCUT2D eigenvalue weighted by Crippen LogP contribution is -2.40. The summed E-state index contributed by atoms with van der Waals surface area (Å²) in [5.74, 6) is 0.850. The average molecular weight is 310 g/mol. The second kappa shape index (κ2) is 4.73. The molecule has 3 nitrogen and oxygen atoms in total. The molecular weight excluding hydrogens is 288 g/mol. The van der Waals surface area contributed by atoms with E-state index in [2.05, 4.69) is 32.9 Å². The van der Waals surface area contributed by atoms with Crippen LogP contribution in [0.3, 0.4) is 0 Å². The molecule has 23 heavy (non-hydrogen) atoms. The third kappa shape index (κ3) is 1.85. The smallest absolute Gasteiger partial charge is 0.343 e. The number of carbonyl (C=O) groups is 1. The Morgan fingerprint density at radius 2 is 2.13 bits per heavy atom. The van der Waals surface area contributed by atoms with Crippen molar-refractivity contribution in [2.45, 2.75) is 51.4 Å². The first-order chi connectivity index (χ1) is 10.9. The molecule has 1 aliphatic heterocycles. The van der Waals surface area contributed by atoms with E-state index in [1.54, 1.807) is 6.26 Å². The van der Waals surface area contributed by atoms with E-state index in [-0.39, 0.29) is 17.3 Å². The van der Waals surface area contributed by atoms with Gasteiger partial charge in [-0.25, -0.2) is 4.79 Å². The number of esters is 1. The summed E-state index contributed by atoms with van der Waals surface area (Å²) in [7, 11) is 0. The molecule has 0 aromatic heterocycles. The standard InChI is InChI=1S/C20H22O3/c1-11(2)12-4-6-16-14(18(12)21)5-7-17-15-10-23-19(22)13(15)8-9-20(16,17)3/h4,6,8,10-11,17,21H,5,7,9H2,1-3H3/t17-,20+/m0/s1. The number of aromatic hydroxyl groups is 1. The molecule has 3 heteroatoms. The van der Waals surface area contributed by atoms with Crippen LogP contribution < -0.4 is 0 Å². The first kappa shape index (κ1) is 14.6. The molecule has 0 spiro atoms. The van der Waals surface area contributed by atoms with E-state index in [1.165, 1.54) is 5.56 Å². The highest BCUT2D eigenvalue weighted by atomic mass is 16.5. The number of fused-ring (bicyclic) bond motifs is 5. The van der Waals surface area contributed by atoms with Crippen LogP contribution in [0.15, 0.2) is 35.6 Å². The molecule has 0 unspecified atom stereocenters. The zero-order valence-electron chi connectivity index (χ0n) is 13.8. The fraction of sp³-hybridized carbons (Fsp3) is 0.450. The molecule has 1 aromatic rings. The van der Waals surface area contributed by atoms with Gasteiger partial charge < -0.3 is 9.84 Å². The second-order valence-electron chi connectivity index (χ2n) is 7.49. The molecule has 1 N–H and O–H groups in total. The third-order valence-corrected chi connectivity index (χ3v) is 5.93. The summed E-state index contributed by atoms with van der Waals surface area (Å²) in [6.07, 6.45) is 6.26. The normalized spacial score (nSPS) is 28.5. The highest BCUT2D eigenvalue weighted by Gasteiger charge is 2.48. The highest BCUT2D eigenvalue weighted by molar-refractivity contribution is 5.97. The van der Waals surface area contributed by atoms with Crippen molar-refractivity contribution < 1.29 is 14.6 Å². The highest BCUT2D eigenvalue weighted by Crippen LogP contribution is 2.54. The molecule has 0 bridgehead atoms. The SMILES string of the molecule is CC(C)c1ccc2c(c1O)CC[C@H]1C3=COC(=O)C3=CC[C@]21C. The number of benzene rings is 1. The Hall–Kier alpha value is -2.03. The number of ether oxygens (including phenoxy) is 1. The molecule has 4 rings (SSSR count). The van der Waals surface area contributed by atoms with E-state index in [1.807, 2.05) is 6.08 Å². The topological polar surface area (TPSA) is 46.5 Å². The Bertz CT molecular complexity index is 769. The molecule has 2 aliphatic carbocycles. The molecule has 120 valence electrons. The summed E-state index contributed by atoms with van der Waals surface area (Å²) in [6.45, 7) is 6.47. The summed E-state index contributed by atoms with van der Waals surface area (Å²) in [5, 5.41) is 10.7. The number of phenols is 1. The van der Waals surface area contributed by atoms with Gasteiger partial charge in [-0.15, -0.1) is 0 Å². The van der Waals surface area contributed by atoms with Gasteiger partial charge in [-0.1, -0.05) is 39.0 Å². The zero-order valence-corrected chi connectivity index (χ0v) is 13.8. The molecule has 1 heterocycles. The molecular formula is C20H22O3. The van der Waals surface area contributed by atoms with E-state index in [4.69, 9.17) is 4.74 Å². The average Bonchev–Trinajstić information content (AvgIpc) is 2.88. The second-order valence-corrected chi connectivity index (χ2v) is 7.49. The van der Waals surface area contributed by atoms with Crippen LogP contribution in [0.4, 0.5) is 0 Å². The number of hydrogen-bond acceptors (Lipinski definition) is 3. The summed E-state index contributed by atoms with van der Waals surface area (Å²) >= 11 is 0. The van der Waals surface area contributed by atoms with Gasteiger partial charge in [-0.2, -0.15) is 0 Å². The van der Waals surface area contributed by atoms with Crippen molar-refractivity contribution in [1.82, 2.24) is 0 Å². The van der Waals surface area contributed by atoms with Crippen LogP contribution in [0.2, 0.25) is 0 Å². The van der Waals surface area contributed by atoms with Gasteiger partial charge in [0, 0.05) is 11.0 Å². The predicted octanol–water partition coefficient (Wildman–Crippen LogP) is 4.11. The van der Waals surface area contributed by atoms with Crippen molar-refractivity contribution in [2.24, 2.45) is 5.92 Å². The maximum Gasteiger partial charge on any atom is 0.343 e. The van der Waals surface area contributed by atoms with Crippen LogP contribution in [0.5, 0.6) is 5.75 Å². The van der Waals surface area contributed by atoms with Gasteiger partial charge >= 0.3 is 5.97 Å². The maximum atomic E-state index is 11.8. The van der Waals surface area contributed by atoms with Crippen LogP contribution in [-0.2, 0) is 21.4 Å². The fourth-order valence-electron chi connectivity index (χ4n) is 4.60. The monoisotopic (exact) mass is 310 g/mol. The number of carbonyl (C=O) groups excluding carboxylic acids is 1. The maximum absolute atomic E-state index is 11.8. The van der Waals surface area contributed by atoms with E-state index in [9.17, 15) is 9.90 Å². The lowest BCUT2D eigenvalue weighted by Gasteiger charge is -2.46. The van der Waals surface area contributed by atoms with Crippen molar-refractivity contribution in [3.63, 3.8) is 0 Å². The minimum absolute atomic E-state index is 0.0795. The van der Waals surface area contributed by atoms with Gasteiger partial charge in [-0.05, 0) is 47.8 Å². The first-order valence-corrected chi connectivity index (χ1v) is 8.40. The van der Waals surface area contributed by atoms with Gasteiger partial charge in [0.15, 0.2) is 0 Å². The van der Waals surface area contributed by atoms with Crippen LogP contribution in [0, 0.1) is 5.92 Å². The lowest BCUT2D eigenvalue weighted by molar-refractivity contribution is -0.132. The van der Waals surface area contributed by atoms with Crippen molar-refractivity contribution in [3.05, 3.63) is 52.3 Å². The molecule has 1 aromatic carbocycles. The van der Waals surface area contributed by atoms with Gasteiger partial charge in [-0.3, -0.25) is 0 Å². The lowest BCUT2D eigenvalue weighted by atomic mass is 9.57. The Morgan fingerprint density at radius 3 is 2.87 bits per heavy atom. The van der Waals surface area contributed by atoms with Crippen molar-refractivity contribution in [2.75, 3.05) is 0 Å². The number of hydrogen-bond donors (Lipinski definition) is 1. The summed E-state index contributed by atoms with van der Waals surface area (Å²) < 4.78 is 5.14. The van der Waals surface area contributed by atoms with Crippen molar-refractivity contribution >= 4 is 5.97 Å². The molecule has 0 radical (unpaired) electrons. The third-order valence-electron chi connectivity index (χ3n) is 5.93. The quantitative estimate of drug-likeness (QED) is 0.794. The fourth-order valence-corrected chi connectivity index (χ4v) is 4.60. The largest absolute Gasteiger partial charge is 0.507 e. The van der Waals surface area contributed by atoms with Crippen LogP contribution in [-0.4, -0.2) is 11.1 Å². The summed E-state index contributed by atoms with van der Waals surface area (Å²) in [4.78, 5) is 11.8. The Balaban J connectivity index is 1.86. The van der Waals surface area contributed by atoms with Gasteiger partial charge in [0.1, 0.15) is 5.75 Å². The van der Waals surface area contributed by atoms with E-state index < -0.39 is 0 Å². The Morgan fingerprint density at radius 1 is 1.35 bits per heavy atom. The Kier molecular flexibility index (Phi) is 2.99. The van der Waals surface area contributed by atoms with Gasteiger partial charge in [0.25, 0.3) is 0 Å². The number of cyclic esters (lactones) is 1. The summed E-state index contributed by atoms with van der Waals surface area (Å²) in [5.41, 5.74) is 5.06. The van der Waals surface area contributed by atoms with Crippen LogP contribution >= 0.6 is 0 Å². The van der Waals surface area contributed by atoms with E-state index in [0.717, 1.165) is 41.5 Å². The molecule has 3 aliphatic rings. The number of allylic oxidation sites excluding steroid dienone is 1. The number of rotatable bonds is 1. The summed E-state index contributed by atoms with van der Waals surface area (Å²) in [6, 6.07) is 4.25. The molecule has 0 amide bonds. The Labute approximate surface area is 136 Å². The van der Waals surface area contributed by atoms with Gasteiger partial charge in [0.05, 0.1) is 11.8 Å². The molecule has 0 fully saturated rings. The minimum Gasteiger partial charge on any atom is -0.507 e. The molecule has 0 saturated heterocycles.